The van der Waals surface area contributed by atoms with E-state index >= 15 is 4.39 Å². The van der Waals surface area contributed by atoms with E-state index < -0.39 is 11.6 Å². The minimum Gasteiger partial charge on any atom is -0.490 e. The molecule has 0 N–H and O–H groups in total. The fourth-order valence-electron chi connectivity index (χ4n) is 5.18. The molecule has 0 spiro atoms. The van der Waals surface area contributed by atoms with Gasteiger partial charge in [0.15, 0.2) is 11.6 Å². The van der Waals surface area contributed by atoms with Crippen LogP contribution in [0.1, 0.15) is 76.2 Å². The second-order valence-corrected chi connectivity index (χ2v) is 10.4. The van der Waals surface area contributed by atoms with Crippen molar-refractivity contribution in [2.45, 2.75) is 76.7 Å². The van der Waals surface area contributed by atoms with E-state index in [0.717, 1.165) is 37.7 Å². The van der Waals surface area contributed by atoms with Gasteiger partial charge in [0, 0.05) is 17.0 Å². The molecule has 0 saturated carbocycles. The monoisotopic (exact) mass is 536 g/mol. The summed E-state index contributed by atoms with van der Waals surface area (Å²) in [5.41, 5.74) is 2.72. The van der Waals surface area contributed by atoms with Crippen molar-refractivity contribution in [2.75, 3.05) is 13.2 Å². The molecule has 39 heavy (non-hydrogen) atoms. The highest BCUT2D eigenvalue weighted by Crippen LogP contribution is 2.34. The number of ether oxygens (including phenoxy) is 2. The van der Waals surface area contributed by atoms with Crippen LogP contribution in [0, 0.1) is 17.5 Å². The van der Waals surface area contributed by atoms with Crippen LogP contribution in [-0.4, -0.2) is 19.3 Å². The normalized spacial score (nSPS) is 17.2. The maximum Gasteiger partial charge on any atom is 0.201 e. The van der Waals surface area contributed by atoms with E-state index in [0.29, 0.717) is 29.9 Å². The molecule has 3 aromatic carbocycles. The van der Waals surface area contributed by atoms with Gasteiger partial charge in [-0.2, -0.15) is 4.39 Å². The Morgan fingerprint density at radius 2 is 1.49 bits per heavy atom. The van der Waals surface area contributed by atoms with E-state index in [1.807, 2.05) is 12.1 Å². The Hall–Kier alpha value is -3.05. The van der Waals surface area contributed by atoms with Gasteiger partial charge in [-0.25, -0.2) is 8.78 Å². The molecular weight excluding hydrogens is 497 g/mol. The van der Waals surface area contributed by atoms with Gasteiger partial charge < -0.3 is 9.47 Å². The first-order valence-electron chi connectivity index (χ1n) is 14.3. The number of hydrogen-bond acceptors (Lipinski definition) is 2. The fraction of sp³-hybridized carbons (Fsp3) is 0.412. The first-order chi connectivity index (χ1) is 19.0. The molecule has 3 aromatic rings. The molecule has 2 unspecified atom stereocenters. The minimum absolute atomic E-state index is 0.0654. The van der Waals surface area contributed by atoms with Crippen molar-refractivity contribution in [2.24, 2.45) is 0 Å². The van der Waals surface area contributed by atoms with Gasteiger partial charge in [0.2, 0.25) is 5.82 Å². The van der Waals surface area contributed by atoms with Crippen LogP contribution in [0.4, 0.5) is 13.2 Å². The molecule has 1 saturated heterocycles. The lowest BCUT2D eigenvalue weighted by atomic mass is 9.90. The van der Waals surface area contributed by atoms with Gasteiger partial charge in [0.1, 0.15) is 5.82 Å². The Labute approximate surface area is 230 Å². The topological polar surface area (TPSA) is 18.5 Å². The van der Waals surface area contributed by atoms with Crippen molar-refractivity contribution in [3.8, 4) is 28.0 Å². The minimum atomic E-state index is -0.979. The summed E-state index contributed by atoms with van der Waals surface area (Å²) in [5.74, 6) is -2.14. The van der Waals surface area contributed by atoms with Crippen LogP contribution in [0.3, 0.4) is 0 Å². The SMILES string of the molecule is C=CC1CCC(c2ccc(-c3ccc(-c4ccc(OCCCCCCCCC)c(F)c4F)cc3)c(F)c2)CO1. The third-order valence-electron chi connectivity index (χ3n) is 7.60. The highest BCUT2D eigenvalue weighted by Gasteiger charge is 2.22. The molecule has 2 atom stereocenters. The smallest absolute Gasteiger partial charge is 0.201 e. The largest absolute Gasteiger partial charge is 0.490 e. The molecule has 1 aliphatic rings. The molecule has 4 rings (SSSR count). The summed E-state index contributed by atoms with van der Waals surface area (Å²) in [7, 11) is 0. The molecule has 1 fully saturated rings. The van der Waals surface area contributed by atoms with Gasteiger partial charge in [-0.05, 0) is 54.2 Å². The summed E-state index contributed by atoms with van der Waals surface area (Å²) in [5, 5.41) is 0. The van der Waals surface area contributed by atoms with E-state index in [1.165, 1.54) is 37.8 Å². The molecule has 0 aromatic heterocycles. The van der Waals surface area contributed by atoms with Gasteiger partial charge in [-0.15, -0.1) is 6.58 Å². The highest BCUT2D eigenvalue weighted by molar-refractivity contribution is 5.71. The maximum atomic E-state index is 15.1. The van der Waals surface area contributed by atoms with Crippen molar-refractivity contribution in [1.29, 1.82) is 0 Å². The summed E-state index contributed by atoms with van der Waals surface area (Å²) in [4.78, 5) is 0. The van der Waals surface area contributed by atoms with Gasteiger partial charge in [0.25, 0.3) is 0 Å². The van der Waals surface area contributed by atoms with Crippen LogP contribution >= 0.6 is 0 Å². The van der Waals surface area contributed by atoms with Gasteiger partial charge in [-0.3, -0.25) is 0 Å². The van der Waals surface area contributed by atoms with E-state index in [4.69, 9.17) is 9.47 Å². The second-order valence-electron chi connectivity index (χ2n) is 10.4. The fourth-order valence-corrected chi connectivity index (χ4v) is 5.18. The predicted octanol–water partition coefficient (Wildman–Crippen LogP) is 10.0. The number of rotatable bonds is 13. The van der Waals surface area contributed by atoms with Gasteiger partial charge >= 0.3 is 0 Å². The van der Waals surface area contributed by atoms with Crippen molar-refractivity contribution in [3.63, 3.8) is 0 Å². The molecule has 2 nitrogen and oxygen atoms in total. The molecule has 0 radical (unpaired) electrons. The molecule has 5 heteroatoms. The van der Waals surface area contributed by atoms with Crippen molar-refractivity contribution in [1.82, 2.24) is 0 Å². The van der Waals surface area contributed by atoms with Gasteiger partial charge in [-0.1, -0.05) is 87.9 Å². The summed E-state index contributed by atoms with van der Waals surface area (Å²) >= 11 is 0. The molecule has 1 heterocycles. The number of unbranched alkanes of at least 4 members (excludes halogenated alkanes) is 6. The zero-order valence-electron chi connectivity index (χ0n) is 22.9. The van der Waals surface area contributed by atoms with Crippen molar-refractivity contribution in [3.05, 3.63) is 90.3 Å². The third kappa shape index (κ3) is 7.54. The maximum absolute atomic E-state index is 15.1. The van der Waals surface area contributed by atoms with Crippen LogP contribution in [0.25, 0.3) is 22.3 Å². The number of halogens is 3. The zero-order valence-corrected chi connectivity index (χ0v) is 22.9. The van der Waals surface area contributed by atoms with E-state index in [9.17, 15) is 8.78 Å². The molecule has 0 bridgehead atoms. The third-order valence-corrected chi connectivity index (χ3v) is 7.60. The standard InChI is InChI=1S/C34H39F3O2/c1-3-5-6-7-8-9-10-21-38-32-20-19-30(33(36)34(32)37)25-13-11-24(12-14-25)29-18-16-26(22-31(29)35)27-15-17-28(4-2)39-23-27/h4,11-14,16,18-20,22,27-28H,2-3,5-10,15,17,21,23H2,1H3. The van der Waals surface area contributed by atoms with E-state index in [1.54, 1.807) is 36.4 Å². The Bertz CT molecular complexity index is 1210. The van der Waals surface area contributed by atoms with Crippen molar-refractivity contribution < 1.29 is 22.6 Å². The molecular formula is C34H39F3O2. The van der Waals surface area contributed by atoms with Crippen LogP contribution in [-0.2, 0) is 4.74 Å². The summed E-state index contributed by atoms with van der Waals surface area (Å²) in [6, 6.07) is 15.1. The number of benzene rings is 3. The lowest BCUT2D eigenvalue weighted by Crippen LogP contribution is -2.23. The first kappa shape index (κ1) is 28.9. The quantitative estimate of drug-likeness (QED) is 0.160. The molecule has 208 valence electrons. The summed E-state index contributed by atoms with van der Waals surface area (Å²) < 4.78 is 56.0. The average Bonchev–Trinajstić information content (AvgIpc) is 2.97. The Morgan fingerprint density at radius 3 is 2.13 bits per heavy atom. The van der Waals surface area contributed by atoms with Crippen LogP contribution in [0.5, 0.6) is 5.75 Å². The average molecular weight is 537 g/mol. The Morgan fingerprint density at radius 1 is 0.821 bits per heavy atom. The van der Waals surface area contributed by atoms with E-state index in [-0.39, 0.29) is 29.2 Å². The van der Waals surface area contributed by atoms with Gasteiger partial charge in [0.05, 0.1) is 19.3 Å². The van der Waals surface area contributed by atoms with Crippen molar-refractivity contribution >= 4 is 0 Å². The number of hydrogen-bond donors (Lipinski definition) is 0. The molecule has 0 aliphatic carbocycles. The Kier molecular flexibility index (Phi) is 10.7. The molecule has 0 amide bonds. The highest BCUT2D eigenvalue weighted by atomic mass is 19.2. The van der Waals surface area contributed by atoms with Crippen LogP contribution in [0.15, 0.2) is 67.3 Å². The molecule has 1 aliphatic heterocycles. The first-order valence-corrected chi connectivity index (χ1v) is 14.3. The lowest BCUT2D eigenvalue weighted by Gasteiger charge is -2.27. The zero-order chi connectivity index (χ0) is 27.6. The predicted molar refractivity (Wildman–Crippen MR) is 153 cm³/mol. The lowest BCUT2D eigenvalue weighted by molar-refractivity contribution is 0.0328. The Balaban J connectivity index is 1.37. The summed E-state index contributed by atoms with van der Waals surface area (Å²) in [6.45, 7) is 6.88. The second kappa shape index (κ2) is 14.4. The van der Waals surface area contributed by atoms with E-state index in [2.05, 4.69) is 13.5 Å². The summed E-state index contributed by atoms with van der Waals surface area (Å²) in [6.07, 6.45) is 11.6. The van der Waals surface area contributed by atoms with Crippen LogP contribution < -0.4 is 4.74 Å². The van der Waals surface area contributed by atoms with Crippen LogP contribution in [0.2, 0.25) is 0 Å².